The number of hydrogen-bond acceptors (Lipinski definition) is 4. The number of carbonyl (C=O) groups is 2. The lowest BCUT2D eigenvalue weighted by atomic mass is 9.79. The molecule has 1 heterocycles. The van der Waals surface area contributed by atoms with E-state index in [2.05, 4.69) is 39.9 Å². The second-order valence-corrected chi connectivity index (χ2v) is 8.07. The fourth-order valence-electron chi connectivity index (χ4n) is 4.01. The Morgan fingerprint density at radius 1 is 1.03 bits per heavy atom. The molecule has 1 aromatic heterocycles. The average Bonchev–Trinajstić information content (AvgIpc) is 3.19. The van der Waals surface area contributed by atoms with E-state index in [9.17, 15) is 9.59 Å². The average molecular weight is 395 g/mol. The zero-order valence-electron chi connectivity index (χ0n) is 17.3. The molecule has 1 aromatic carbocycles. The SMILES string of the molecule is Cc1ccc(NC(=O)CN(C)CC(=O)NCC2(c3ccccc3)CCCC2)nc1. The molecule has 1 aliphatic carbocycles. The Hall–Kier alpha value is -2.73. The predicted molar refractivity (Wildman–Crippen MR) is 115 cm³/mol. The van der Waals surface area contributed by atoms with Crippen molar-refractivity contribution in [1.82, 2.24) is 15.2 Å². The van der Waals surface area contributed by atoms with Gasteiger partial charge in [-0.25, -0.2) is 4.98 Å². The van der Waals surface area contributed by atoms with Gasteiger partial charge in [0.05, 0.1) is 13.1 Å². The highest BCUT2D eigenvalue weighted by Crippen LogP contribution is 2.40. The van der Waals surface area contributed by atoms with Gasteiger partial charge in [-0.3, -0.25) is 14.5 Å². The lowest BCUT2D eigenvalue weighted by Gasteiger charge is -2.30. The van der Waals surface area contributed by atoms with E-state index in [-0.39, 0.29) is 30.3 Å². The predicted octanol–water partition coefficient (Wildman–Crippen LogP) is 2.89. The number of aromatic nitrogens is 1. The lowest BCUT2D eigenvalue weighted by molar-refractivity contribution is -0.123. The molecule has 1 fully saturated rings. The first-order valence-electron chi connectivity index (χ1n) is 10.2. The van der Waals surface area contributed by atoms with Gasteiger partial charge in [0.25, 0.3) is 0 Å². The first kappa shape index (κ1) is 21.0. The Morgan fingerprint density at radius 2 is 1.72 bits per heavy atom. The summed E-state index contributed by atoms with van der Waals surface area (Å²) in [6.45, 7) is 2.90. The van der Waals surface area contributed by atoms with Crippen molar-refractivity contribution < 1.29 is 9.59 Å². The van der Waals surface area contributed by atoms with Crippen molar-refractivity contribution in [1.29, 1.82) is 0 Å². The van der Waals surface area contributed by atoms with Gasteiger partial charge < -0.3 is 10.6 Å². The summed E-state index contributed by atoms with van der Waals surface area (Å²) >= 11 is 0. The van der Waals surface area contributed by atoms with Crippen LogP contribution in [0.1, 0.15) is 36.8 Å². The fraction of sp³-hybridized carbons (Fsp3) is 0.435. The molecule has 6 heteroatoms. The van der Waals surface area contributed by atoms with E-state index in [4.69, 9.17) is 0 Å². The minimum absolute atomic E-state index is 0.0317. The summed E-state index contributed by atoms with van der Waals surface area (Å²) in [5, 5.41) is 5.85. The molecule has 0 spiro atoms. The zero-order valence-corrected chi connectivity index (χ0v) is 17.3. The normalized spacial score (nSPS) is 15.3. The molecule has 29 heavy (non-hydrogen) atoms. The summed E-state index contributed by atoms with van der Waals surface area (Å²) in [6, 6.07) is 14.1. The summed E-state index contributed by atoms with van der Waals surface area (Å²) < 4.78 is 0. The van der Waals surface area contributed by atoms with Gasteiger partial charge in [0.15, 0.2) is 0 Å². The molecule has 2 aromatic rings. The molecule has 1 aliphatic rings. The van der Waals surface area contributed by atoms with Crippen LogP contribution in [0.5, 0.6) is 0 Å². The van der Waals surface area contributed by atoms with Crippen molar-refractivity contribution in [2.75, 3.05) is 32.0 Å². The number of hydrogen-bond donors (Lipinski definition) is 2. The Kier molecular flexibility index (Phi) is 6.99. The van der Waals surface area contributed by atoms with Gasteiger partial charge in [-0.1, -0.05) is 49.2 Å². The van der Waals surface area contributed by atoms with Gasteiger partial charge >= 0.3 is 0 Å². The number of pyridine rings is 1. The number of carbonyl (C=O) groups excluding carboxylic acids is 2. The Bertz CT molecular complexity index is 815. The van der Waals surface area contributed by atoms with Gasteiger partial charge in [-0.15, -0.1) is 0 Å². The smallest absolute Gasteiger partial charge is 0.239 e. The molecule has 3 rings (SSSR count). The maximum Gasteiger partial charge on any atom is 0.239 e. The summed E-state index contributed by atoms with van der Waals surface area (Å²) in [7, 11) is 1.77. The van der Waals surface area contributed by atoms with E-state index in [0.717, 1.165) is 18.4 Å². The van der Waals surface area contributed by atoms with Crippen molar-refractivity contribution >= 4 is 17.6 Å². The number of aryl methyl sites for hydroxylation is 1. The third-order valence-electron chi connectivity index (χ3n) is 5.58. The number of likely N-dealkylation sites (N-methyl/N-ethyl adjacent to an activating group) is 1. The van der Waals surface area contributed by atoms with Crippen LogP contribution >= 0.6 is 0 Å². The van der Waals surface area contributed by atoms with E-state index in [1.807, 2.05) is 19.1 Å². The van der Waals surface area contributed by atoms with Crippen molar-refractivity contribution in [3.05, 3.63) is 59.8 Å². The van der Waals surface area contributed by atoms with Crippen molar-refractivity contribution in [3.8, 4) is 0 Å². The van der Waals surface area contributed by atoms with Crippen molar-refractivity contribution in [3.63, 3.8) is 0 Å². The topological polar surface area (TPSA) is 74.3 Å². The van der Waals surface area contributed by atoms with Crippen LogP contribution < -0.4 is 10.6 Å². The van der Waals surface area contributed by atoms with Gasteiger partial charge in [0.1, 0.15) is 5.82 Å². The van der Waals surface area contributed by atoms with Gasteiger partial charge in [-0.2, -0.15) is 0 Å². The standard InChI is InChI=1S/C23H30N4O2/c1-18-10-11-20(24-14-18)26-22(29)16-27(2)15-21(28)25-17-23(12-6-7-13-23)19-8-4-3-5-9-19/h3-5,8-11,14H,6-7,12-13,15-17H2,1-2H3,(H,25,28)(H,24,26,29). The first-order valence-corrected chi connectivity index (χ1v) is 10.2. The molecular formula is C23H30N4O2. The molecule has 0 atom stereocenters. The van der Waals surface area contributed by atoms with Crippen LogP contribution in [0.4, 0.5) is 5.82 Å². The summed E-state index contributed by atoms with van der Waals surface area (Å²) in [6.07, 6.45) is 6.28. The van der Waals surface area contributed by atoms with E-state index in [1.165, 1.54) is 18.4 Å². The maximum absolute atomic E-state index is 12.5. The van der Waals surface area contributed by atoms with Crippen LogP contribution in [0.25, 0.3) is 0 Å². The Labute approximate surface area is 172 Å². The molecule has 0 bridgehead atoms. The number of amides is 2. The highest BCUT2D eigenvalue weighted by Gasteiger charge is 2.35. The highest BCUT2D eigenvalue weighted by atomic mass is 16.2. The summed E-state index contributed by atoms with van der Waals surface area (Å²) in [5.41, 5.74) is 2.37. The zero-order chi connectivity index (χ0) is 20.7. The van der Waals surface area contributed by atoms with Crippen molar-refractivity contribution in [2.24, 2.45) is 0 Å². The third kappa shape index (κ3) is 5.87. The van der Waals surface area contributed by atoms with E-state index >= 15 is 0 Å². The third-order valence-corrected chi connectivity index (χ3v) is 5.58. The quantitative estimate of drug-likeness (QED) is 0.722. The molecule has 0 aliphatic heterocycles. The van der Waals surface area contributed by atoms with Crippen LogP contribution in [0.3, 0.4) is 0 Å². The molecular weight excluding hydrogens is 364 g/mol. The van der Waals surface area contributed by atoms with E-state index < -0.39 is 0 Å². The fourth-order valence-corrected chi connectivity index (χ4v) is 4.01. The van der Waals surface area contributed by atoms with Crippen LogP contribution in [0.15, 0.2) is 48.7 Å². The molecule has 2 N–H and O–H groups in total. The van der Waals surface area contributed by atoms with Crippen molar-refractivity contribution in [2.45, 2.75) is 38.0 Å². The number of nitrogens with one attached hydrogen (secondary N) is 2. The number of benzene rings is 1. The molecule has 1 saturated carbocycles. The van der Waals surface area contributed by atoms with Gasteiger partial charge in [-0.05, 0) is 44.0 Å². The lowest BCUT2D eigenvalue weighted by Crippen LogP contribution is -2.44. The van der Waals surface area contributed by atoms with Crippen LogP contribution in [0, 0.1) is 6.92 Å². The summed E-state index contributed by atoms with van der Waals surface area (Å²) in [5.74, 6) is 0.272. The van der Waals surface area contributed by atoms with E-state index in [0.29, 0.717) is 12.4 Å². The number of anilines is 1. The van der Waals surface area contributed by atoms with Gasteiger partial charge in [0.2, 0.25) is 11.8 Å². The molecule has 0 radical (unpaired) electrons. The Morgan fingerprint density at radius 3 is 2.38 bits per heavy atom. The minimum Gasteiger partial charge on any atom is -0.354 e. The van der Waals surface area contributed by atoms with Crippen LogP contribution in [-0.4, -0.2) is 48.4 Å². The molecule has 0 unspecified atom stereocenters. The molecule has 2 amide bonds. The Balaban J connectivity index is 1.47. The second-order valence-electron chi connectivity index (χ2n) is 8.07. The van der Waals surface area contributed by atoms with Crippen LogP contribution in [-0.2, 0) is 15.0 Å². The summed E-state index contributed by atoms with van der Waals surface area (Å²) in [4.78, 5) is 30.5. The maximum atomic E-state index is 12.5. The number of rotatable bonds is 8. The number of nitrogens with zero attached hydrogens (tertiary/aromatic N) is 2. The molecule has 154 valence electrons. The monoisotopic (exact) mass is 394 g/mol. The van der Waals surface area contributed by atoms with Crippen LogP contribution in [0.2, 0.25) is 0 Å². The largest absolute Gasteiger partial charge is 0.354 e. The first-order chi connectivity index (χ1) is 14.0. The molecule has 0 saturated heterocycles. The van der Waals surface area contributed by atoms with Gasteiger partial charge in [0, 0.05) is 18.2 Å². The highest BCUT2D eigenvalue weighted by molar-refractivity contribution is 5.91. The second kappa shape index (κ2) is 9.65. The minimum atomic E-state index is -0.187. The molecule has 6 nitrogen and oxygen atoms in total. The van der Waals surface area contributed by atoms with E-state index in [1.54, 1.807) is 24.2 Å².